The van der Waals surface area contributed by atoms with Gasteiger partial charge in [-0.2, -0.15) is 0 Å². The summed E-state index contributed by atoms with van der Waals surface area (Å²) in [7, 11) is 0. The van der Waals surface area contributed by atoms with E-state index in [4.69, 9.17) is 11.6 Å². The molecule has 19 heavy (non-hydrogen) atoms. The van der Waals surface area contributed by atoms with Crippen molar-refractivity contribution >= 4 is 11.6 Å². The topological polar surface area (TPSA) is 18.5 Å². The van der Waals surface area contributed by atoms with Crippen LogP contribution < -0.4 is 5.32 Å². The second-order valence-corrected chi connectivity index (χ2v) is 5.77. The lowest BCUT2D eigenvalue weighted by Gasteiger charge is -2.43. The van der Waals surface area contributed by atoms with Crippen LogP contribution in [0, 0.1) is 5.82 Å². The van der Waals surface area contributed by atoms with Crippen molar-refractivity contribution < 1.29 is 4.39 Å². The summed E-state index contributed by atoms with van der Waals surface area (Å²) < 4.78 is 13.0. The van der Waals surface area contributed by atoms with Crippen LogP contribution >= 0.6 is 11.6 Å². The van der Waals surface area contributed by atoms with Crippen molar-refractivity contribution in [3.63, 3.8) is 0 Å². The van der Waals surface area contributed by atoms with Gasteiger partial charge in [0, 0.05) is 56.9 Å². The van der Waals surface area contributed by atoms with Crippen molar-refractivity contribution in [1.29, 1.82) is 0 Å². The largest absolute Gasteiger partial charge is 0.314 e. The first-order valence-corrected chi connectivity index (χ1v) is 7.21. The van der Waals surface area contributed by atoms with E-state index >= 15 is 0 Å². The predicted molar refractivity (Wildman–Crippen MR) is 74.9 cm³/mol. The molecule has 0 aliphatic carbocycles. The molecule has 2 saturated heterocycles. The third-order valence-corrected chi connectivity index (χ3v) is 4.44. The molecule has 0 amide bonds. The number of nitrogens with zero attached hydrogens (tertiary/aromatic N) is 2. The van der Waals surface area contributed by atoms with E-state index in [-0.39, 0.29) is 5.82 Å². The molecular formula is C14H19ClFN3. The average molecular weight is 284 g/mol. The molecule has 2 aliphatic rings. The van der Waals surface area contributed by atoms with Gasteiger partial charge < -0.3 is 5.32 Å². The Morgan fingerprint density at radius 1 is 1.21 bits per heavy atom. The summed E-state index contributed by atoms with van der Waals surface area (Å²) in [6.45, 7) is 7.42. The van der Waals surface area contributed by atoms with Crippen LogP contribution in [0.25, 0.3) is 0 Å². The maximum Gasteiger partial charge on any atom is 0.124 e. The van der Waals surface area contributed by atoms with Crippen molar-refractivity contribution in [3.8, 4) is 0 Å². The molecule has 0 radical (unpaired) electrons. The summed E-state index contributed by atoms with van der Waals surface area (Å²) >= 11 is 6.07. The van der Waals surface area contributed by atoms with Crippen LogP contribution in [-0.2, 0) is 6.54 Å². The molecule has 104 valence electrons. The van der Waals surface area contributed by atoms with Gasteiger partial charge in [-0.15, -0.1) is 0 Å². The van der Waals surface area contributed by atoms with Crippen LogP contribution in [0.2, 0.25) is 5.02 Å². The van der Waals surface area contributed by atoms with Crippen LogP contribution in [-0.4, -0.2) is 55.1 Å². The molecule has 1 N–H and O–H groups in total. The van der Waals surface area contributed by atoms with Gasteiger partial charge in [-0.05, 0) is 17.7 Å². The maximum atomic E-state index is 13.0. The van der Waals surface area contributed by atoms with Crippen LogP contribution in [0.4, 0.5) is 4.39 Å². The minimum Gasteiger partial charge on any atom is -0.314 e. The highest BCUT2D eigenvalue weighted by molar-refractivity contribution is 6.31. The lowest BCUT2D eigenvalue weighted by molar-refractivity contribution is 0.0696. The van der Waals surface area contributed by atoms with E-state index in [0.717, 1.165) is 57.4 Å². The highest BCUT2D eigenvalue weighted by Gasteiger charge is 2.27. The zero-order valence-corrected chi connectivity index (χ0v) is 11.7. The lowest BCUT2D eigenvalue weighted by atomic mass is 10.1. The summed E-state index contributed by atoms with van der Waals surface area (Å²) in [5, 5.41) is 3.85. The van der Waals surface area contributed by atoms with E-state index in [1.807, 2.05) is 0 Å². The molecule has 0 saturated carbocycles. The second kappa shape index (κ2) is 5.75. The molecule has 1 aromatic carbocycles. The first-order valence-electron chi connectivity index (χ1n) is 6.83. The minimum absolute atomic E-state index is 0.268. The Labute approximate surface area is 118 Å². The van der Waals surface area contributed by atoms with Crippen molar-refractivity contribution in [2.24, 2.45) is 0 Å². The molecule has 2 fully saturated rings. The number of hydrogen-bond acceptors (Lipinski definition) is 3. The first kappa shape index (κ1) is 13.3. The summed E-state index contributed by atoms with van der Waals surface area (Å²) in [4.78, 5) is 4.95. The molecule has 0 spiro atoms. The van der Waals surface area contributed by atoms with Crippen LogP contribution in [0.15, 0.2) is 18.2 Å². The van der Waals surface area contributed by atoms with Crippen molar-refractivity contribution in [2.75, 3.05) is 39.3 Å². The van der Waals surface area contributed by atoms with Gasteiger partial charge in [-0.1, -0.05) is 17.7 Å². The Bertz CT molecular complexity index is 442. The second-order valence-electron chi connectivity index (χ2n) is 5.36. The van der Waals surface area contributed by atoms with E-state index in [1.165, 1.54) is 12.1 Å². The Kier molecular flexibility index (Phi) is 4.03. The lowest BCUT2D eigenvalue weighted by Crippen LogP contribution is -2.61. The molecule has 2 aliphatic heterocycles. The molecule has 2 heterocycles. The fraction of sp³-hybridized carbons (Fsp3) is 0.571. The van der Waals surface area contributed by atoms with E-state index in [2.05, 4.69) is 15.1 Å². The normalized spacial score (nSPS) is 22.4. The quantitative estimate of drug-likeness (QED) is 0.908. The van der Waals surface area contributed by atoms with Crippen molar-refractivity contribution in [3.05, 3.63) is 34.6 Å². The number of nitrogens with one attached hydrogen (secondary N) is 1. The minimum atomic E-state index is -0.268. The van der Waals surface area contributed by atoms with E-state index in [0.29, 0.717) is 5.02 Å². The molecule has 1 aromatic rings. The molecule has 0 unspecified atom stereocenters. The third-order valence-electron chi connectivity index (χ3n) is 4.09. The zero-order valence-electron chi connectivity index (χ0n) is 10.9. The van der Waals surface area contributed by atoms with E-state index in [9.17, 15) is 4.39 Å². The number of hydrogen-bond donors (Lipinski definition) is 1. The van der Waals surface area contributed by atoms with Crippen LogP contribution in [0.5, 0.6) is 0 Å². The monoisotopic (exact) mass is 283 g/mol. The molecule has 0 atom stereocenters. The van der Waals surface area contributed by atoms with Gasteiger partial charge in [-0.3, -0.25) is 9.80 Å². The number of halogens is 2. The highest BCUT2D eigenvalue weighted by Crippen LogP contribution is 2.20. The Balaban J connectivity index is 1.54. The average Bonchev–Trinajstić information content (AvgIpc) is 2.33. The Hall–Kier alpha value is -0.680. The van der Waals surface area contributed by atoms with Gasteiger partial charge in [0.25, 0.3) is 0 Å². The molecule has 0 bridgehead atoms. The molecule has 3 rings (SSSR count). The SMILES string of the molecule is Fc1ccc(CN2CCN(C3CNC3)CC2)c(Cl)c1. The smallest absolute Gasteiger partial charge is 0.124 e. The van der Waals surface area contributed by atoms with Gasteiger partial charge in [0.15, 0.2) is 0 Å². The van der Waals surface area contributed by atoms with Crippen LogP contribution in [0.3, 0.4) is 0 Å². The number of rotatable bonds is 3. The van der Waals surface area contributed by atoms with Gasteiger partial charge >= 0.3 is 0 Å². The Morgan fingerprint density at radius 3 is 2.53 bits per heavy atom. The molecular weight excluding hydrogens is 265 g/mol. The molecule has 5 heteroatoms. The fourth-order valence-corrected chi connectivity index (χ4v) is 2.94. The Morgan fingerprint density at radius 2 is 1.95 bits per heavy atom. The van der Waals surface area contributed by atoms with Crippen LogP contribution in [0.1, 0.15) is 5.56 Å². The number of piperazine rings is 1. The zero-order chi connectivity index (χ0) is 13.2. The maximum absolute atomic E-state index is 13.0. The van der Waals surface area contributed by atoms with Crippen molar-refractivity contribution in [1.82, 2.24) is 15.1 Å². The standard InChI is InChI=1S/C14H19ClFN3/c15-14-7-12(16)2-1-11(14)10-18-3-5-19(6-4-18)13-8-17-9-13/h1-2,7,13,17H,3-6,8-10H2. The van der Waals surface area contributed by atoms with E-state index in [1.54, 1.807) is 6.07 Å². The summed E-state index contributed by atoms with van der Waals surface area (Å²) in [5.74, 6) is -0.268. The predicted octanol–water partition coefficient (Wildman–Crippen LogP) is 1.57. The fourth-order valence-electron chi connectivity index (χ4n) is 2.71. The summed E-state index contributed by atoms with van der Waals surface area (Å²) in [6.07, 6.45) is 0. The van der Waals surface area contributed by atoms with E-state index < -0.39 is 0 Å². The molecule has 0 aromatic heterocycles. The highest BCUT2D eigenvalue weighted by atomic mass is 35.5. The number of benzene rings is 1. The third kappa shape index (κ3) is 3.08. The summed E-state index contributed by atoms with van der Waals surface area (Å²) in [6, 6.07) is 5.40. The van der Waals surface area contributed by atoms with Gasteiger partial charge in [-0.25, -0.2) is 4.39 Å². The van der Waals surface area contributed by atoms with Crippen molar-refractivity contribution in [2.45, 2.75) is 12.6 Å². The van der Waals surface area contributed by atoms with Gasteiger partial charge in [0.1, 0.15) is 5.82 Å². The van der Waals surface area contributed by atoms with Gasteiger partial charge in [0.05, 0.1) is 0 Å². The summed E-state index contributed by atoms with van der Waals surface area (Å²) in [5.41, 5.74) is 1.02. The first-order chi connectivity index (χ1) is 9.22. The van der Waals surface area contributed by atoms with Gasteiger partial charge in [0.2, 0.25) is 0 Å². The molecule has 3 nitrogen and oxygen atoms in total.